The number of piperidine rings is 1. The van der Waals surface area contributed by atoms with Crippen molar-refractivity contribution >= 4 is 22.7 Å². The Morgan fingerprint density at radius 2 is 2.27 bits per heavy atom. The molecule has 0 radical (unpaired) electrons. The van der Waals surface area contributed by atoms with Crippen LogP contribution in [0.2, 0.25) is 0 Å². The maximum atomic E-state index is 12.1. The predicted octanol–water partition coefficient (Wildman–Crippen LogP) is 1.66. The van der Waals surface area contributed by atoms with E-state index in [-0.39, 0.29) is 17.7 Å². The number of hydrogen-bond donors (Lipinski definition) is 3. The number of H-pyrrole nitrogens is 1. The van der Waals surface area contributed by atoms with Crippen LogP contribution in [0.1, 0.15) is 24.0 Å². The van der Waals surface area contributed by atoms with E-state index in [0.29, 0.717) is 25.9 Å². The first-order valence-corrected chi connectivity index (χ1v) is 7.74. The molecule has 1 aromatic heterocycles. The summed E-state index contributed by atoms with van der Waals surface area (Å²) in [6.07, 6.45) is 3.90. The third-order valence-corrected chi connectivity index (χ3v) is 4.25. The maximum Gasteiger partial charge on any atom is 0.224 e. The molecule has 0 spiro atoms. The van der Waals surface area contributed by atoms with Crippen LogP contribution in [0.4, 0.5) is 0 Å². The van der Waals surface area contributed by atoms with E-state index < -0.39 is 0 Å². The van der Waals surface area contributed by atoms with Gasteiger partial charge in [-0.05, 0) is 37.0 Å². The van der Waals surface area contributed by atoms with Crippen molar-refractivity contribution < 1.29 is 9.59 Å². The Hall–Kier alpha value is -2.30. The van der Waals surface area contributed by atoms with E-state index in [1.54, 1.807) is 0 Å². The summed E-state index contributed by atoms with van der Waals surface area (Å²) >= 11 is 0. The van der Waals surface area contributed by atoms with Crippen LogP contribution in [-0.2, 0) is 16.0 Å². The van der Waals surface area contributed by atoms with Gasteiger partial charge in [0.2, 0.25) is 11.8 Å². The van der Waals surface area contributed by atoms with Crippen LogP contribution in [0.3, 0.4) is 0 Å². The fraction of sp³-hybridized carbons (Fsp3) is 0.412. The molecule has 116 valence electrons. The zero-order valence-electron chi connectivity index (χ0n) is 12.7. The maximum absolute atomic E-state index is 12.1. The molecule has 0 saturated carbocycles. The molecule has 1 fully saturated rings. The Morgan fingerprint density at radius 3 is 3.05 bits per heavy atom. The molecule has 1 aliphatic rings. The minimum atomic E-state index is -0.0941. The van der Waals surface area contributed by atoms with Gasteiger partial charge in [-0.3, -0.25) is 9.59 Å². The highest BCUT2D eigenvalue weighted by atomic mass is 16.2. The molecule has 1 saturated heterocycles. The molecule has 2 amide bonds. The third-order valence-electron chi connectivity index (χ3n) is 4.25. The van der Waals surface area contributed by atoms with E-state index >= 15 is 0 Å². The van der Waals surface area contributed by atoms with Crippen LogP contribution in [0.25, 0.3) is 10.9 Å². The molecular formula is C17H21N3O2. The van der Waals surface area contributed by atoms with Crippen molar-refractivity contribution in [3.63, 3.8) is 0 Å². The number of carbonyl (C=O) groups is 2. The van der Waals surface area contributed by atoms with E-state index in [9.17, 15) is 9.59 Å². The summed E-state index contributed by atoms with van der Waals surface area (Å²) in [4.78, 5) is 26.4. The second-order valence-corrected chi connectivity index (χ2v) is 5.94. The first-order valence-electron chi connectivity index (χ1n) is 7.74. The van der Waals surface area contributed by atoms with Gasteiger partial charge in [0.15, 0.2) is 0 Å². The number of fused-ring (bicyclic) bond motifs is 1. The molecule has 3 N–H and O–H groups in total. The average Bonchev–Trinajstić information content (AvgIpc) is 2.90. The largest absolute Gasteiger partial charge is 0.361 e. The summed E-state index contributed by atoms with van der Waals surface area (Å²) in [5.41, 5.74) is 3.58. The molecule has 5 nitrogen and oxygen atoms in total. The van der Waals surface area contributed by atoms with Gasteiger partial charge in [-0.25, -0.2) is 0 Å². The Labute approximate surface area is 129 Å². The van der Waals surface area contributed by atoms with Crippen LogP contribution in [0.15, 0.2) is 24.4 Å². The van der Waals surface area contributed by atoms with Crippen molar-refractivity contribution in [2.75, 3.05) is 13.1 Å². The molecular weight excluding hydrogens is 278 g/mol. The molecule has 2 heterocycles. The number of amides is 2. The predicted molar refractivity (Wildman–Crippen MR) is 85.5 cm³/mol. The SMILES string of the molecule is Cc1ccc2c(CCNC(=O)[C@@H]3CCC(=O)NC3)c[nH]c2c1. The zero-order valence-corrected chi connectivity index (χ0v) is 12.7. The monoisotopic (exact) mass is 299 g/mol. The zero-order chi connectivity index (χ0) is 15.5. The molecule has 0 bridgehead atoms. The lowest BCUT2D eigenvalue weighted by atomic mass is 9.98. The molecule has 1 aliphatic heterocycles. The normalized spacial score (nSPS) is 18.2. The van der Waals surface area contributed by atoms with Crippen LogP contribution >= 0.6 is 0 Å². The van der Waals surface area contributed by atoms with Crippen molar-refractivity contribution in [2.24, 2.45) is 5.92 Å². The molecule has 0 unspecified atom stereocenters. The highest BCUT2D eigenvalue weighted by Crippen LogP contribution is 2.19. The van der Waals surface area contributed by atoms with E-state index in [1.807, 2.05) is 6.20 Å². The van der Waals surface area contributed by atoms with Gasteiger partial charge < -0.3 is 15.6 Å². The minimum Gasteiger partial charge on any atom is -0.361 e. The van der Waals surface area contributed by atoms with Gasteiger partial charge in [0.1, 0.15) is 0 Å². The van der Waals surface area contributed by atoms with Crippen LogP contribution in [-0.4, -0.2) is 29.9 Å². The van der Waals surface area contributed by atoms with E-state index in [4.69, 9.17) is 0 Å². The second kappa shape index (κ2) is 6.22. The molecule has 1 atom stereocenters. The Bertz CT molecular complexity index is 695. The lowest BCUT2D eigenvalue weighted by molar-refractivity contribution is -0.128. The highest BCUT2D eigenvalue weighted by Gasteiger charge is 2.23. The van der Waals surface area contributed by atoms with Gasteiger partial charge in [0, 0.05) is 36.6 Å². The van der Waals surface area contributed by atoms with Crippen molar-refractivity contribution in [2.45, 2.75) is 26.2 Å². The summed E-state index contributed by atoms with van der Waals surface area (Å²) in [6.45, 7) is 3.14. The number of aromatic nitrogens is 1. The van der Waals surface area contributed by atoms with Gasteiger partial charge in [-0.2, -0.15) is 0 Å². The number of benzene rings is 1. The summed E-state index contributed by atoms with van der Waals surface area (Å²) in [5, 5.41) is 6.93. The van der Waals surface area contributed by atoms with Crippen LogP contribution in [0.5, 0.6) is 0 Å². The van der Waals surface area contributed by atoms with E-state index in [1.165, 1.54) is 16.5 Å². The number of hydrogen-bond acceptors (Lipinski definition) is 2. The summed E-state index contributed by atoms with van der Waals surface area (Å²) < 4.78 is 0. The van der Waals surface area contributed by atoms with Crippen molar-refractivity contribution in [3.05, 3.63) is 35.5 Å². The number of aromatic amines is 1. The third kappa shape index (κ3) is 3.13. The van der Waals surface area contributed by atoms with Gasteiger partial charge >= 0.3 is 0 Å². The van der Waals surface area contributed by atoms with Crippen LogP contribution < -0.4 is 10.6 Å². The summed E-state index contributed by atoms with van der Waals surface area (Å²) in [7, 11) is 0. The van der Waals surface area contributed by atoms with E-state index in [2.05, 4.69) is 40.7 Å². The molecule has 3 rings (SSSR count). The lowest BCUT2D eigenvalue weighted by Crippen LogP contribution is -2.43. The van der Waals surface area contributed by atoms with E-state index in [0.717, 1.165) is 11.9 Å². The average molecular weight is 299 g/mol. The molecule has 2 aromatic rings. The Morgan fingerprint density at radius 1 is 1.41 bits per heavy atom. The summed E-state index contributed by atoms with van der Waals surface area (Å²) in [6, 6.07) is 6.35. The number of rotatable bonds is 4. The molecule has 5 heteroatoms. The standard InChI is InChI=1S/C17H21N3O2/c1-11-2-4-14-12(9-19-15(14)8-11)6-7-18-17(22)13-3-5-16(21)20-10-13/h2,4,8-9,13,19H,3,5-7,10H2,1H3,(H,18,22)(H,20,21)/t13-/m1/s1. The molecule has 22 heavy (non-hydrogen) atoms. The van der Waals surface area contributed by atoms with Gasteiger partial charge in [-0.15, -0.1) is 0 Å². The van der Waals surface area contributed by atoms with Gasteiger partial charge in [0.05, 0.1) is 5.92 Å². The number of carbonyl (C=O) groups excluding carboxylic acids is 2. The minimum absolute atomic E-state index is 0.0377. The fourth-order valence-electron chi connectivity index (χ4n) is 2.93. The van der Waals surface area contributed by atoms with Crippen LogP contribution in [0, 0.1) is 12.8 Å². The van der Waals surface area contributed by atoms with Crippen molar-refractivity contribution in [1.29, 1.82) is 0 Å². The fourth-order valence-corrected chi connectivity index (χ4v) is 2.93. The second-order valence-electron chi connectivity index (χ2n) is 5.94. The number of aryl methyl sites for hydroxylation is 1. The lowest BCUT2D eigenvalue weighted by Gasteiger charge is -2.21. The first-order chi connectivity index (χ1) is 10.6. The summed E-state index contributed by atoms with van der Waals surface area (Å²) in [5.74, 6) is -0.0165. The smallest absolute Gasteiger partial charge is 0.224 e. The van der Waals surface area contributed by atoms with Crippen molar-refractivity contribution in [3.8, 4) is 0 Å². The quantitative estimate of drug-likeness (QED) is 0.803. The molecule has 1 aromatic carbocycles. The Kier molecular flexibility index (Phi) is 4.13. The van der Waals surface area contributed by atoms with Gasteiger partial charge in [-0.1, -0.05) is 12.1 Å². The Balaban J connectivity index is 1.54. The topological polar surface area (TPSA) is 74.0 Å². The first kappa shape index (κ1) is 14.6. The number of nitrogens with one attached hydrogen (secondary N) is 3. The molecule has 0 aliphatic carbocycles. The van der Waals surface area contributed by atoms with Gasteiger partial charge in [0.25, 0.3) is 0 Å². The van der Waals surface area contributed by atoms with Crippen molar-refractivity contribution in [1.82, 2.24) is 15.6 Å². The highest BCUT2D eigenvalue weighted by molar-refractivity contribution is 5.85.